The molecule has 25 heavy (non-hydrogen) atoms. The molecule has 0 aliphatic heterocycles. The van der Waals surface area contributed by atoms with E-state index in [1.807, 2.05) is 0 Å². The number of ether oxygens (including phenoxy) is 1. The molecule has 0 N–H and O–H groups in total. The van der Waals surface area contributed by atoms with Crippen LogP contribution in [0.25, 0.3) is 0 Å². The van der Waals surface area contributed by atoms with Crippen LogP contribution in [0.4, 0.5) is 0 Å². The van der Waals surface area contributed by atoms with Crippen LogP contribution >= 0.6 is 0 Å². The first-order chi connectivity index (χ1) is 11.8. The van der Waals surface area contributed by atoms with Gasteiger partial charge in [-0.05, 0) is 80.0 Å². The van der Waals surface area contributed by atoms with Crippen molar-refractivity contribution in [1.82, 2.24) is 0 Å². The molecule has 142 valence electrons. The fourth-order valence-corrected chi connectivity index (χ4v) is 6.59. The van der Waals surface area contributed by atoms with Crippen molar-refractivity contribution in [3.8, 4) is 0 Å². The van der Waals surface area contributed by atoms with Gasteiger partial charge < -0.3 is 4.74 Å². The van der Waals surface area contributed by atoms with Crippen LogP contribution in [0.5, 0.6) is 0 Å². The molecule has 3 saturated carbocycles. The van der Waals surface area contributed by atoms with Gasteiger partial charge in [0.1, 0.15) is 6.10 Å². The number of allylic oxidation sites excluding steroid dienone is 1. The summed E-state index contributed by atoms with van der Waals surface area (Å²) in [5, 5.41) is 0. The highest BCUT2D eigenvalue weighted by Crippen LogP contribution is 2.61. The van der Waals surface area contributed by atoms with Crippen molar-refractivity contribution in [3.63, 3.8) is 0 Å². The minimum atomic E-state index is -0.109. The van der Waals surface area contributed by atoms with Gasteiger partial charge in [0.25, 0.3) is 0 Å². The zero-order valence-corrected chi connectivity index (χ0v) is 16.9. The normalized spacial score (nSPS) is 44.4. The average molecular weight is 347 g/mol. The van der Waals surface area contributed by atoms with E-state index < -0.39 is 0 Å². The van der Waals surface area contributed by atoms with Gasteiger partial charge in [-0.3, -0.25) is 4.79 Å². The van der Waals surface area contributed by atoms with E-state index in [-0.39, 0.29) is 12.1 Å². The van der Waals surface area contributed by atoms with Gasteiger partial charge in [0.2, 0.25) is 0 Å². The van der Waals surface area contributed by atoms with E-state index in [2.05, 4.69) is 27.4 Å². The number of hydrogen-bond acceptors (Lipinski definition) is 2. The van der Waals surface area contributed by atoms with Gasteiger partial charge >= 0.3 is 5.97 Å². The van der Waals surface area contributed by atoms with Crippen LogP contribution in [0, 0.1) is 28.6 Å². The summed E-state index contributed by atoms with van der Waals surface area (Å²) in [4.78, 5) is 11.4. The summed E-state index contributed by atoms with van der Waals surface area (Å²) in [6, 6.07) is 0. The Balaban J connectivity index is 1.73. The molecule has 0 heterocycles. The third-order valence-corrected chi connectivity index (χ3v) is 8.47. The summed E-state index contributed by atoms with van der Waals surface area (Å²) in [6.07, 6.45) is 12.7. The summed E-state index contributed by atoms with van der Waals surface area (Å²) < 4.78 is 5.60. The molecule has 0 radical (unpaired) electrons. The van der Waals surface area contributed by atoms with E-state index in [4.69, 9.17) is 4.74 Å². The molecule has 2 nitrogen and oxygen atoms in total. The van der Waals surface area contributed by atoms with Gasteiger partial charge in [0, 0.05) is 6.92 Å². The third kappa shape index (κ3) is 3.43. The lowest BCUT2D eigenvalue weighted by atomic mass is 9.52. The average Bonchev–Trinajstić information content (AvgIpc) is 2.85. The number of rotatable bonds is 4. The van der Waals surface area contributed by atoms with Gasteiger partial charge in [-0.25, -0.2) is 0 Å². The molecule has 0 aromatic carbocycles. The van der Waals surface area contributed by atoms with Crippen molar-refractivity contribution in [2.75, 3.05) is 0 Å². The molecule has 0 bridgehead atoms. The lowest BCUT2D eigenvalue weighted by molar-refractivity contribution is -0.152. The second-order valence-electron chi connectivity index (χ2n) is 9.73. The summed E-state index contributed by atoms with van der Waals surface area (Å²) in [6.45, 7) is 13.3. The SMILES string of the molecule is C=C1CCC2CC([C@@]3(C)CCC(OC(C)=O)C[C@@H]3CCC)CC[C@]12C. The van der Waals surface area contributed by atoms with E-state index in [1.54, 1.807) is 6.92 Å². The van der Waals surface area contributed by atoms with Crippen LogP contribution < -0.4 is 0 Å². The molecule has 3 unspecified atom stereocenters. The van der Waals surface area contributed by atoms with Crippen molar-refractivity contribution in [2.24, 2.45) is 28.6 Å². The van der Waals surface area contributed by atoms with Crippen LogP contribution in [-0.2, 0) is 9.53 Å². The first kappa shape index (κ1) is 19.0. The van der Waals surface area contributed by atoms with Crippen LogP contribution in [-0.4, -0.2) is 12.1 Å². The number of esters is 1. The van der Waals surface area contributed by atoms with Gasteiger partial charge in [0.15, 0.2) is 0 Å². The maximum atomic E-state index is 11.4. The predicted octanol–water partition coefficient (Wildman–Crippen LogP) is 6.30. The molecule has 6 atom stereocenters. The maximum Gasteiger partial charge on any atom is 0.302 e. The largest absolute Gasteiger partial charge is 0.463 e. The van der Waals surface area contributed by atoms with Gasteiger partial charge in [-0.15, -0.1) is 0 Å². The molecule has 0 aromatic heterocycles. The van der Waals surface area contributed by atoms with Gasteiger partial charge in [-0.2, -0.15) is 0 Å². The van der Waals surface area contributed by atoms with E-state index >= 15 is 0 Å². The molecule has 2 heteroatoms. The number of hydrogen-bond donors (Lipinski definition) is 0. The first-order valence-corrected chi connectivity index (χ1v) is 10.6. The van der Waals surface area contributed by atoms with Crippen molar-refractivity contribution in [1.29, 1.82) is 0 Å². The second kappa shape index (κ2) is 7.08. The maximum absolute atomic E-state index is 11.4. The van der Waals surface area contributed by atoms with Crippen molar-refractivity contribution >= 4 is 5.97 Å². The first-order valence-electron chi connectivity index (χ1n) is 10.6. The highest BCUT2D eigenvalue weighted by molar-refractivity contribution is 5.66. The van der Waals surface area contributed by atoms with Gasteiger partial charge in [-0.1, -0.05) is 45.8 Å². The fourth-order valence-electron chi connectivity index (χ4n) is 6.59. The molecular weight excluding hydrogens is 308 g/mol. The minimum absolute atomic E-state index is 0.109. The summed E-state index contributed by atoms with van der Waals surface area (Å²) in [7, 11) is 0. The quantitative estimate of drug-likeness (QED) is 0.441. The Kier molecular flexibility index (Phi) is 5.38. The Bertz CT molecular complexity index is 524. The zero-order chi connectivity index (χ0) is 18.2. The van der Waals surface area contributed by atoms with E-state index in [0.717, 1.165) is 24.7 Å². The molecule has 0 amide bonds. The van der Waals surface area contributed by atoms with Gasteiger partial charge in [0.05, 0.1) is 0 Å². The third-order valence-electron chi connectivity index (χ3n) is 8.47. The van der Waals surface area contributed by atoms with Crippen molar-refractivity contribution in [2.45, 2.75) is 98.0 Å². The van der Waals surface area contributed by atoms with E-state index in [0.29, 0.717) is 16.7 Å². The lowest BCUT2D eigenvalue weighted by Gasteiger charge is -2.53. The van der Waals surface area contributed by atoms with Crippen molar-refractivity contribution in [3.05, 3.63) is 12.2 Å². The summed E-state index contributed by atoms with van der Waals surface area (Å²) in [5.74, 6) is 2.28. The van der Waals surface area contributed by atoms with Crippen LogP contribution in [0.2, 0.25) is 0 Å². The standard InChI is InChI=1S/C23H38O2/c1-6-7-18-15-21(25-17(3)24)11-13-23(18,5)20-10-12-22(4)16(2)8-9-19(22)14-20/h18-21H,2,6-15H2,1,3-5H3/t18-,19?,20?,21?,22+,23-/m0/s1. The van der Waals surface area contributed by atoms with Crippen LogP contribution in [0.1, 0.15) is 91.9 Å². The summed E-state index contributed by atoms with van der Waals surface area (Å²) in [5.41, 5.74) is 2.37. The molecule has 0 saturated heterocycles. The molecule has 3 aliphatic carbocycles. The zero-order valence-electron chi connectivity index (χ0n) is 16.9. The van der Waals surface area contributed by atoms with Crippen LogP contribution in [0.15, 0.2) is 12.2 Å². The van der Waals surface area contributed by atoms with Crippen LogP contribution in [0.3, 0.4) is 0 Å². The van der Waals surface area contributed by atoms with E-state index in [9.17, 15) is 4.79 Å². The topological polar surface area (TPSA) is 26.3 Å². The Morgan fingerprint density at radius 2 is 1.92 bits per heavy atom. The molecule has 0 spiro atoms. The molecule has 3 rings (SSSR count). The molecule has 3 aliphatic rings. The second-order valence-corrected chi connectivity index (χ2v) is 9.73. The number of carbonyl (C=O) groups excluding carboxylic acids is 1. The Morgan fingerprint density at radius 1 is 1.16 bits per heavy atom. The predicted molar refractivity (Wildman–Crippen MR) is 103 cm³/mol. The lowest BCUT2D eigenvalue weighted by Crippen LogP contribution is -2.46. The molecule has 0 aromatic rings. The number of fused-ring (bicyclic) bond motifs is 1. The number of carbonyl (C=O) groups is 1. The molecular formula is C23H38O2. The smallest absolute Gasteiger partial charge is 0.302 e. The highest BCUT2D eigenvalue weighted by atomic mass is 16.5. The fraction of sp³-hybridized carbons (Fsp3) is 0.870. The Labute approximate surface area is 154 Å². The monoisotopic (exact) mass is 346 g/mol. The summed E-state index contributed by atoms with van der Waals surface area (Å²) >= 11 is 0. The minimum Gasteiger partial charge on any atom is -0.463 e. The Morgan fingerprint density at radius 3 is 2.60 bits per heavy atom. The highest BCUT2D eigenvalue weighted by Gasteiger charge is 2.52. The van der Waals surface area contributed by atoms with Crippen molar-refractivity contribution < 1.29 is 9.53 Å². The molecule has 3 fully saturated rings. The van der Waals surface area contributed by atoms with E-state index in [1.165, 1.54) is 56.9 Å². The Hall–Kier alpha value is -0.790.